The SMILES string of the molecule is CN1COC2CCCCC2(c2ccc(Cl)c(Cl)c2)C1. The van der Waals surface area contributed by atoms with Crippen LogP contribution in [-0.4, -0.2) is 31.3 Å². The third-order valence-corrected chi connectivity index (χ3v) is 5.24. The van der Waals surface area contributed by atoms with Gasteiger partial charge >= 0.3 is 0 Å². The van der Waals surface area contributed by atoms with Gasteiger partial charge in [-0.05, 0) is 37.6 Å². The molecule has 1 aromatic carbocycles. The summed E-state index contributed by atoms with van der Waals surface area (Å²) in [6, 6.07) is 6.06. The van der Waals surface area contributed by atoms with Crippen molar-refractivity contribution in [3.05, 3.63) is 33.8 Å². The number of nitrogens with zero attached hydrogens (tertiary/aromatic N) is 1. The lowest BCUT2D eigenvalue weighted by Crippen LogP contribution is -2.56. The van der Waals surface area contributed by atoms with Crippen LogP contribution >= 0.6 is 23.2 Å². The van der Waals surface area contributed by atoms with Gasteiger partial charge in [0.15, 0.2) is 0 Å². The summed E-state index contributed by atoms with van der Waals surface area (Å²) in [4.78, 5) is 2.25. The molecule has 1 aliphatic carbocycles. The van der Waals surface area contributed by atoms with E-state index in [9.17, 15) is 0 Å². The number of likely N-dealkylation sites (N-methyl/N-ethyl adjacent to an activating group) is 1. The minimum absolute atomic E-state index is 0.0828. The van der Waals surface area contributed by atoms with E-state index >= 15 is 0 Å². The molecule has 1 heterocycles. The molecule has 0 amide bonds. The Morgan fingerprint density at radius 1 is 1.26 bits per heavy atom. The fraction of sp³-hybridized carbons (Fsp3) is 0.600. The molecule has 2 nitrogen and oxygen atoms in total. The molecule has 104 valence electrons. The molecular weight excluding hydrogens is 281 g/mol. The quantitative estimate of drug-likeness (QED) is 0.774. The molecule has 1 aromatic rings. The van der Waals surface area contributed by atoms with Crippen molar-refractivity contribution in [3.63, 3.8) is 0 Å². The molecule has 0 aromatic heterocycles. The fourth-order valence-electron chi connectivity index (χ4n) is 3.60. The fourth-order valence-corrected chi connectivity index (χ4v) is 3.90. The van der Waals surface area contributed by atoms with Crippen molar-refractivity contribution >= 4 is 23.2 Å². The van der Waals surface area contributed by atoms with E-state index in [0.717, 1.165) is 19.7 Å². The molecule has 0 N–H and O–H groups in total. The average Bonchev–Trinajstić information content (AvgIpc) is 2.41. The number of hydrogen-bond acceptors (Lipinski definition) is 2. The summed E-state index contributed by atoms with van der Waals surface area (Å²) >= 11 is 12.3. The summed E-state index contributed by atoms with van der Waals surface area (Å²) in [5.74, 6) is 0. The monoisotopic (exact) mass is 299 g/mol. The molecule has 0 bridgehead atoms. The lowest BCUT2D eigenvalue weighted by Gasteiger charge is -2.50. The molecule has 2 fully saturated rings. The zero-order chi connectivity index (χ0) is 13.5. The minimum atomic E-state index is 0.0828. The molecule has 19 heavy (non-hydrogen) atoms. The highest BCUT2D eigenvalue weighted by Gasteiger charge is 2.46. The van der Waals surface area contributed by atoms with Crippen LogP contribution in [0, 0.1) is 0 Å². The van der Waals surface area contributed by atoms with Gasteiger partial charge in [-0.2, -0.15) is 0 Å². The van der Waals surface area contributed by atoms with Crippen LogP contribution in [0.3, 0.4) is 0 Å². The zero-order valence-corrected chi connectivity index (χ0v) is 12.7. The van der Waals surface area contributed by atoms with Crippen LogP contribution in [0.1, 0.15) is 31.2 Å². The smallest absolute Gasteiger partial charge is 0.0992 e. The molecule has 2 atom stereocenters. The van der Waals surface area contributed by atoms with E-state index < -0.39 is 0 Å². The number of benzene rings is 1. The Morgan fingerprint density at radius 3 is 2.89 bits per heavy atom. The molecule has 3 rings (SSSR count). The van der Waals surface area contributed by atoms with E-state index in [0.29, 0.717) is 16.1 Å². The van der Waals surface area contributed by atoms with E-state index in [1.807, 2.05) is 12.1 Å². The average molecular weight is 300 g/mol. The predicted molar refractivity (Wildman–Crippen MR) is 79.0 cm³/mol. The molecule has 4 heteroatoms. The van der Waals surface area contributed by atoms with E-state index in [1.165, 1.54) is 24.8 Å². The molecule has 0 radical (unpaired) electrons. The van der Waals surface area contributed by atoms with Crippen LogP contribution < -0.4 is 0 Å². The van der Waals surface area contributed by atoms with Gasteiger partial charge < -0.3 is 4.74 Å². The largest absolute Gasteiger partial charge is 0.362 e. The summed E-state index contributed by atoms with van der Waals surface area (Å²) in [6.45, 7) is 1.77. The second-order valence-electron chi connectivity index (χ2n) is 5.83. The highest BCUT2D eigenvalue weighted by atomic mass is 35.5. The lowest BCUT2D eigenvalue weighted by molar-refractivity contribution is -0.125. The molecule has 1 saturated carbocycles. The number of halogens is 2. The van der Waals surface area contributed by atoms with Crippen molar-refractivity contribution in [2.75, 3.05) is 20.3 Å². The van der Waals surface area contributed by atoms with Gasteiger partial charge in [-0.25, -0.2) is 0 Å². The van der Waals surface area contributed by atoms with Gasteiger partial charge in [0.25, 0.3) is 0 Å². The van der Waals surface area contributed by atoms with Crippen molar-refractivity contribution in [1.29, 1.82) is 0 Å². The first-order chi connectivity index (χ1) is 9.12. The number of hydrogen-bond donors (Lipinski definition) is 0. The van der Waals surface area contributed by atoms with Crippen molar-refractivity contribution < 1.29 is 4.74 Å². The maximum atomic E-state index is 6.21. The minimum Gasteiger partial charge on any atom is -0.362 e. The van der Waals surface area contributed by atoms with Gasteiger partial charge in [-0.3, -0.25) is 4.90 Å². The van der Waals surface area contributed by atoms with Gasteiger partial charge in [-0.1, -0.05) is 42.1 Å². The van der Waals surface area contributed by atoms with Crippen LogP contribution in [-0.2, 0) is 10.2 Å². The molecule has 1 saturated heterocycles. The van der Waals surface area contributed by atoms with Crippen LogP contribution in [0.4, 0.5) is 0 Å². The summed E-state index contributed by atoms with van der Waals surface area (Å²) < 4.78 is 6.07. The summed E-state index contributed by atoms with van der Waals surface area (Å²) in [6.07, 6.45) is 5.15. The maximum absolute atomic E-state index is 6.21. The van der Waals surface area contributed by atoms with Gasteiger partial charge in [0.05, 0.1) is 22.9 Å². The highest BCUT2D eigenvalue weighted by Crippen LogP contribution is 2.45. The third-order valence-electron chi connectivity index (χ3n) is 4.50. The van der Waals surface area contributed by atoms with Gasteiger partial charge in [-0.15, -0.1) is 0 Å². The molecule has 0 spiro atoms. The van der Waals surface area contributed by atoms with Crippen molar-refractivity contribution in [3.8, 4) is 0 Å². The maximum Gasteiger partial charge on any atom is 0.0992 e. The van der Waals surface area contributed by atoms with Crippen LogP contribution in [0.2, 0.25) is 10.0 Å². The Kier molecular flexibility index (Phi) is 3.78. The standard InChI is InChI=1S/C15H19Cl2NO/c1-18-9-15(7-3-2-4-14(15)19-10-18)11-5-6-12(16)13(17)8-11/h5-6,8,14H,2-4,7,9-10H2,1H3. The number of fused-ring (bicyclic) bond motifs is 1. The first-order valence-electron chi connectivity index (χ1n) is 6.87. The van der Waals surface area contributed by atoms with Crippen molar-refractivity contribution in [2.24, 2.45) is 0 Å². The summed E-state index contributed by atoms with van der Waals surface area (Å²) in [7, 11) is 2.12. The molecule has 2 aliphatic rings. The molecule has 2 unspecified atom stereocenters. The molecule has 1 aliphatic heterocycles. The molecular formula is C15H19Cl2NO. The van der Waals surface area contributed by atoms with Crippen molar-refractivity contribution in [1.82, 2.24) is 4.90 Å². The first-order valence-corrected chi connectivity index (χ1v) is 7.63. The topological polar surface area (TPSA) is 12.5 Å². The van der Waals surface area contributed by atoms with Crippen LogP contribution in [0.25, 0.3) is 0 Å². The number of ether oxygens (including phenoxy) is 1. The van der Waals surface area contributed by atoms with Gasteiger partial charge in [0.1, 0.15) is 0 Å². The van der Waals surface area contributed by atoms with Gasteiger partial charge in [0, 0.05) is 12.0 Å². The zero-order valence-electron chi connectivity index (χ0n) is 11.2. The second-order valence-corrected chi connectivity index (χ2v) is 6.64. The Bertz CT molecular complexity index is 479. The van der Waals surface area contributed by atoms with E-state index in [-0.39, 0.29) is 5.41 Å². The van der Waals surface area contributed by atoms with Crippen LogP contribution in [0.15, 0.2) is 18.2 Å². The normalized spacial score (nSPS) is 32.1. The van der Waals surface area contributed by atoms with E-state index in [4.69, 9.17) is 27.9 Å². The summed E-state index contributed by atoms with van der Waals surface area (Å²) in [5.41, 5.74) is 1.36. The van der Waals surface area contributed by atoms with Gasteiger partial charge in [0.2, 0.25) is 0 Å². The Labute approximate surface area is 124 Å². The lowest BCUT2D eigenvalue weighted by atomic mass is 9.66. The Morgan fingerprint density at radius 2 is 2.11 bits per heavy atom. The second kappa shape index (κ2) is 5.25. The van der Waals surface area contributed by atoms with E-state index in [2.05, 4.69) is 18.0 Å². The van der Waals surface area contributed by atoms with E-state index in [1.54, 1.807) is 0 Å². The Hall–Kier alpha value is -0.280. The number of rotatable bonds is 1. The predicted octanol–water partition coefficient (Wildman–Crippen LogP) is 4.09. The van der Waals surface area contributed by atoms with Crippen LogP contribution in [0.5, 0.6) is 0 Å². The third kappa shape index (κ3) is 2.40. The first kappa shape index (κ1) is 13.7. The van der Waals surface area contributed by atoms with Crippen molar-refractivity contribution in [2.45, 2.75) is 37.2 Å². The summed E-state index contributed by atoms with van der Waals surface area (Å²) in [5, 5.41) is 1.27. The highest BCUT2D eigenvalue weighted by molar-refractivity contribution is 6.42. The Balaban J connectivity index is 2.02.